The van der Waals surface area contributed by atoms with Gasteiger partial charge in [0, 0.05) is 25.7 Å². The van der Waals surface area contributed by atoms with Crippen LogP contribution in [0.5, 0.6) is 0 Å². The fourth-order valence-electron chi connectivity index (χ4n) is 1.59. The highest BCUT2D eigenvalue weighted by molar-refractivity contribution is 5.92. The van der Waals surface area contributed by atoms with Gasteiger partial charge in [0.1, 0.15) is 5.69 Å². The number of nitrogens with zero attached hydrogens (tertiary/aromatic N) is 1. The highest BCUT2D eigenvalue weighted by Crippen LogP contribution is 2.03. The van der Waals surface area contributed by atoms with Crippen molar-refractivity contribution in [2.45, 2.75) is 32.4 Å². The van der Waals surface area contributed by atoms with E-state index < -0.39 is 12.1 Å². The van der Waals surface area contributed by atoms with Crippen molar-refractivity contribution in [1.82, 2.24) is 9.88 Å². The Labute approximate surface area is 105 Å². The number of carboxylic acid groups (broad SMARTS) is 1. The molecule has 0 aromatic carbocycles. The van der Waals surface area contributed by atoms with Crippen molar-refractivity contribution in [2.75, 3.05) is 6.54 Å². The molecule has 0 aliphatic rings. The molecule has 1 atom stereocenters. The van der Waals surface area contributed by atoms with Gasteiger partial charge in [-0.05, 0) is 18.6 Å². The number of carbonyl (C=O) groups is 2. The maximum atomic E-state index is 11.8. The normalized spacial score (nSPS) is 12.1. The Morgan fingerprint density at radius 3 is 2.83 bits per heavy atom. The first-order chi connectivity index (χ1) is 8.56. The molecule has 1 aromatic rings. The molecule has 3 N–H and O–H groups in total. The zero-order valence-electron chi connectivity index (χ0n) is 10.3. The molecule has 0 saturated heterocycles. The summed E-state index contributed by atoms with van der Waals surface area (Å²) in [7, 11) is 0. The summed E-state index contributed by atoms with van der Waals surface area (Å²) < 4.78 is 1.84. The van der Waals surface area contributed by atoms with E-state index in [0.29, 0.717) is 5.69 Å². The molecule has 18 heavy (non-hydrogen) atoms. The maximum Gasteiger partial charge on any atom is 0.332 e. The number of carbonyl (C=O) groups excluding carboxylic acids is 1. The van der Waals surface area contributed by atoms with Crippen molar-refractivity contribution in [3.05, 3.63) is 24.0 Å². The number of aliphatic hydroxyl groups excluding tert-OH is 1. The summed E-state index contributed by atoms with van der Waals surface area (Å²) in [6.45, 7) is 2.90. The molecule has 1 amide bonds. The Morgan fingerprint density at radius 2 is 2.22 bits per heavy atom. The zero-order valence-corrected chi connectivity index (χ0v) is 10.3. The average Bonchev–Trinajstić information content (AvgIpc) is 2.77. The number of hydrogen-bond donors (Lipinski definition) is 3. The SMILES string of the molecule is CCCn1cccc1C(=O)NCCC(O)C(=O)O. The predicted molar refractivity (Wildman–Crippen MR) is 65.3 cm³/mol. The van der Waals surface area contributed by atoms with Crippen LogP contribution in [0.4, 0.5) is 0 Å². The van der Waals surface area contributed by atoms with E-state index in [1.54, 1.807) is 12.1 Å². The van der Waals surface area contributed by atoms with Gasteiger partial charge in [-0.15, -0.1) is 0 Å². The van der Waals surface area contributed by atoms with Crippen molar-refractivity contribution >= 4 is 11.9 Å². The first-order valence-electron chi connectivity index (χ1n) is 5.90. The predicted octanol–water partition coefficient (Wildman–Crippen LogP) is 0.464. The minimum absolute atomic E-state index is 0.00441. The molecule has 0 radical (unpaired) electrons. The van der Waals surface area contributed by atoms with Gasteiger partial charge < -0.3 is 20.1 Å². The summed E-state index contributed by atoms with van der Waals surface area (Å²) in [6.07, 6.45) is 1.31. The summed E-state index contributed by atoms with van der Waals surface area (Å²) in [6, 6.07) is 3.50. The van der Waals surface area contributed by atoms with Crippen LogP contribution in [0.1, 0.15) is 30.3 Å². The minimum Gasteiger partial charge on any atom is -0.479 e. The van der Waals surface area contributed by atoms with Gasteiger partial charge in [-0.1, -0.05) is 6.92 Å². The van der Waals surface area contributed by atoms with Crippen LogP contribution in [0, 0.1) is 0 Å². The van der Waals surface area contributed by atoms with E-state index in [4.69, 9.17) is 10.2 Å². The van der Waals surface area contributed by atoms with Crippen molar-refractivity contribution < 1.29 is 19.8 Å². The Kier molecular flexibility index (Phi) is 5.38. The van der Waals surface area contributed by atoms with Gasteiger partial charge in [-0.3, -0.25) is 4.79 Å². The fourth-order valence-corrected chi connectivity index (χ4v) is 1.59. The quantitative estimate of drug-likeness (QED) is 0.659. The number of amides is 1. The van der Waals surface area contributed by atoms with Crippen LogP contribution < -0.4 is 5.32 Å². The standard InChI is InChI=1S/C12H18N2O4/c1-2-7-14-8-3-4-9(14)11(16)13-6-5-10(15)12(17)18/h3-4,8,10,15H,2,5-7H2,1H3,(H,13,16)(H,17,18). The van der Waals surface area contributed by atoms with E-state index in [9.17, 15) is 9.59 Å². The van der Waals surface area contributed by atoms with Gasteiger partial charge in [0.05, 0.1) is 0 Å². The molecule has 0 spiro atoms. The third kappa shape index (κ3) is 3.89. The summed E-state index contributed by atoms with van der Waals surface area (Å²) in [4.78, 5) is 22.2. The number of carboxylic acids is 1. The van der Waals surface area contributed by atoms with Crippen molar-refractivity contribution in [3.63, 3.8) is 0 Å². The molecule has 0 aliphatic heterocycles. The molecule has 6 heteroatoms. The summed E-state index contributed by atoms with van der Waals surface area (Å²) >= 11 is 0. The highest BCUT2D eigenvalue weighted by Gasteiger charge is 2.14. The lowest BCUT2D eigenvalue weighted by molar-refractivity contribution is -0.146. The molecule has 100 valence electrons. The molecule has 0 fully saturated rings. The zero-order chi connectivity index (χ0) is 13.5. The smallest absolute Gasteiger partial charge is 0.332 e. The Morgan fingerprint density at radius 1 is 1.50 bits per heavy atom. The summed E-state index contributed by atoms with van der Waals surface area (Å²) in [5.74, 6) is -1.54. The van der Waals surface area contributed by atoms with Crippen LogP contribution in [-0.4, -0.2) is 39.3 Å². The maximum absolute atomic E-state index is 11.8. The molecule has 1 heterocycles. The molecule has 1 rings (SSSR count). The van der Waals surface area contributed by atoms with E-state index in [-0.39, 0.29) is 18.9 Å². The van der Waals surface area contributed by atoms with Gasteiger partial charge in [0.2, 0.25) is 0 Å². The summed E-state index contributed by atoms with van der Waals surface area (Å²) in [5.41, 5.74) is 0.543. The molecular weight excluding hydrogens is 236 g/mol. The number of aromatic nitrogens is 1. The minimum atomic E-state index is -1.44. The Hall–Kier alpha value is -1.82. The lowest BCUT2D eigenvalue weighted by atomic mass is 10.2. The topological polar surface area (TPSA) is 91.6 Å². The first kappa shape index (κ1) is 14.2. The monoisotopic (exact) mass is 254 g/mol. The fraction of sp³-hybridized carbons (Fsp3) is 0.500. The molecule has 6 nitrogen and oxygen atoms in total. The Bertz CT molecular complexity index is 414. The lowest BCUT2D eigenvalue weighted by Crippen LogP contribution is -2.31. The second-order valence-electron chi connectivity index (χ2n) is 3.99. The number of aliphatic hydroxyl groups is 1. The average molecular weight is 254 g/mol. The number of nitrogens with one attached hydrogen (secondary N) is 1. The van der Waals surface area contributed by atoms with Crippen LogP contribution in [0.15, 0.2) is 18.3 Å². The third-order valence-electron chi connectivity index (χ3n) is 2.52. The van der Waals surface area contributed by atoms with Crippen molar-refractivity contribution in [2.24, 2.45) is 0 Å². The number of rotatable bonds is 7. The van der Waals surface area contributed by atoms with Crippen molar-refractivity contribution in [3.8, 4) is 0 Å². The molecule has 1 unspecified atom stereocenters. The van der Waals surface area contributed by atoms with E-state index in [1.165, 1.54) is 0 Å². The molecule has 0 bridgehead atoms. The second-order valence-corrected chi connectivity index (χ2v) is 3.99. The van der Waals surface area contributed by atoms with Crippen LogP contribution in [0.25, 0.3) is 0 Å². The molecular formula is C12H18N2O4. The number of hydrogen-bond acceptors (Lipinski definition) is 3. The van der Waals surface area contributed by atoms with Gasteiger partial charge in [-0.2, -0.15) is 0 Å². The first-order valence-corrected chi connectivity index (χ1v) is 5.90. The molecule has 1 aromatic heterocycles. The van der Waals surface area contributed by atoms with Crippen molar-refractivity contribution in [1.29, 1.82) is 0 Å². The van der Waals surface area contributed by atoms with E-state index in [2.05, 4.69) is 5.32 Å². The van der Waals surface area contributed by atoms with Crippen LogP contribution in [0.3, 0.4) is 0 Å². The third-order valence-corrected chi connectivity index (χ3v) is 2.52. The van der Waals surface area contributed by atoms with Gasteiger partial charge in [0.15, 0.2) is 6.10 Å². The second kappa shape index (κ2) is 6.80. The van der Waals surface area contributed by atoms with Crippen LogP contribution >= 0.6 is 0 Å². The lowest BCUT2D eigenvalue weighted by Gasteiger charge is -2.09. The van der Waals surface area contributed by atoms with E-state index >= 15 is 0 Å². The van der Waals surface area contributed by atoms with Crippen LogP contribution in [-0.2, 0) is 11.3 Å². The van der Waals surface area contributed by atoms with Gasteiger partial charge >= 0.3 is 5.97 Å². The molecule has 0 saturated carbocycles. The number of aliphatic carboxylic acids is 1. The van der Waals surface area contributed by atoms with E-state index in [0.717, 1.165) is 13.0 Å². The summed E-state index contributed by atoms with van der Waals surface area (Å²) in [5, 5.41) is 20.1. The number of aryl methyl sites for hydroxylation is 1. The van der Waals surface area contributed by atoms with Gasteiger partial charge in [0.25, 0.3) is 5.91 Å². The van der Waals surface area contributed by atoms with Crippen LogP contribution in [0.2, 0.25) is 0 Å². The van der Waals surface area contributed by atoms with E-state index in [1.807, 2.05) is 17.7 Å². The molecule has 0 aliphatic carbocycles. The van der Waals surface area contributed by atoms with Gasteiger partial charge in [-0.25, -0.2) is 4.79 Å². The highest BCUT2D eigenvalue weighted by atomic mass is 16.4. The Balaban J connectivity index is 2.45. The largest absolute Gasteiger partial charge is 0.479 e.